The third kappa shape index (κ3) is 9.38. The zero-order valence-corrected chi connectivity index (χ0v) is 50.1. The van der Waals surface area contributed by atoms with Crippen LogP contribution in [0.3, 0.4) is 0 Å². The summed E-state index contributed by atoms with van der Waals surface area (Å²) in [7, 11) is 0. The Hall–Kier alpha value is -11.4. The van der Waals surface area contributed by atoms with E-state index in [2.05, 4.69) is 181 Å². The fraction of sp³-hybridized carbons (Fsp3) is 0.0118. The second kappa shape index (κ2) is 22.6. The molecule has 0 fully saturated rings. The third-order valence-electron chi connectivity index (χ3n) is 17.6. The van der Waals surface area contributed by atoms with Gasteiger partial charge in [-0.05, 0) is 164 Å². The van der Waals surface area contributed by atoms with E-state index in [1.54, 1.807) is 23.2 Å². The van der Waals surface area contributed by atoms with Gasteiger partial charge in [0.2, 0.25) is 0 Å². The van der Waals surface area contributed by atoms with Gasteiger partial charge in [0.05, 0.1) is 23.7 Å². The Kier molecular flexibility index (Phi) is 11.2. The van der Waals surface area contributed by atoms with Crippen molar-refractivity contribution >= 4 is 106 Å². The summed E-state index contributed by atoms with van der Waals surface area (Å²) in [5.74, 6) is 1.09. The molecule has 0 amide bonds. The molecule has 428 valence electrons. The molecule has 0 atom stereocenters. The number of para-hydroxylation sites is 5. The van der Waals surface area contributed by atoms with Crippen molar-refractivity contribution in [3.63, 3.8) is 0 Å². The first kappa shape index (κ1) is 44.9. The van der Waals surface area contributed by atoms with Crippen molar-refractivity contribution in [2.24, 2.45) is 0 Å². The lowest BCUT2D eigenvalue weighted by Crippen LogP contribution is -2.59. The van der Waals surface area contributed by atoms with Crippen LogP contribution in [0.5, 0.6) is 11.5 Å². The summed E-state index contributed by atoms with van der Waals surface area (Å²) in [6, 6.07) is 92.1. The van der Waals surface area contributed by atoms with Crippen LogP contribution in [0, 0.1) is 6.92 Å². The molecule has 2 aliphatic heterocycles. The van der Waals surface area contributed by atoms with Gasteiger partial charge in [-0.15, -0.1) is 11.3 Å². The van der Waals surface area contributed by atoms with E-state index in [1.807, 2.05) is 108 Å². The van der Waals surface area contributed by atoms with Crippen molar-refractivity contribution < 1.29 is 17.1 Å². The van der Waals surface area contributed by atoms with Crippen LogP contribution < -0.4 is 35.8 Å². The first-order valence-corrected chi connectivity index (χ1v) is 31.2. The van der Waals surface area contributed by atoms with Crippen LogP contribution in [0.25, 0.3) is 75.8 Å². The van der Waals surface area contributed by atoms with E-state index >= 15 is 0 Å². The van der Waals surface area contributed by atoms with E-state index < -0.39 is 24.8 Å². The molecule has 17 rings (SSSR count). The molecule has 3 heterocycles. The molecule has 0 radical (unpaired) electrons. The fourth-order valence-electron chi connectivity index (χ4n) is 13.6. The number of rotatable bonds is 12. The van der Waals surface area contributed by atoms with E-state index in [0.717, 1.165) is 109 Å². The lowest BCUT2D eigenvalue weighted by molar-refractivity contribution is 0.488. The van der Waals surface area contributed by atoms with Gasteiger partial charge < -0.3 is 19.4 Å². The predicted octanol–water partition coefficient (Wildman–Crippen LogP) is 22.0. The maximum atomic E-state index is 9.75. The minimum Gasteiger partial charge on any atom is -0.458 e. The van der Waals surface area contributed by atoms with Crippen molar-refractivity contribution in [2.45, 2.75) is 6.92 Å². The van der Waals surface area contributed by atoms with Crippen LogP contribution in [0.15, 0.2) is 333 Å². The highest BCUT2D eigenvalue weighted by Gasteiger charge is 2.46. The van der Waals surface area contributed by atoms with Crippen LogP contribution in [-0.2, 0) is 0 Å². The summed E-state index contributed by atoms with van der Waals surface area (Å²) in [6.07, 6.45) is 0. The number of hydrogen-bond donors (Lipinski definition) is 0. The van der Waals surface area contributed by atoms with Crippen LogP contribution >= 0.6 is 11.3 Å². The van der Waals surface area contributed by atoms with Crippen LogP contribution in [-0.4, -0.2) is 6.71 Å². The monoisotopic (exact) mass is 1190 g/mol. The molecule has 6 heteroatoms. The molecule has 0 spiro atoms. The first-order chi connectivity index (χ1) is 48.8. The molecular weight excluding hydrogens is 1120 g/mol. The largest absolute Gasteiger partial charge is 0.458 e. The smallest absolute Gasteiger partial charge is 0.258 e. The number of nitrogens with zero attached hydrogens (tertiary/aromatic N) is 3. The number of benzene rings is 14. The normalized spacial score (nSPS) is 13.4. The maximum absolute atomic E-state index is 9.75. The Morgan fingerprint density at radius 1 is 0.385 bits per heavy atom. The lowest BCUT2D eigenvalue weighted by atomic mass is 9.34. The van der Waals surface area contributed by atoms with Gasteiger partial charge in [-0.1, -0.05) is 236 Å². The second-order valence-electron chi connectivity index (χ2n) is 22.9. The predicted molar refractivity (Wildman–Crippen MR) is 386 cm³/mol. The maximum Gasteiger partial charge on any atom is 0.258 e. The summed E-state index contributed by atoms with van der Waals surface area (Å²) in [5, 5.41) is 1.71. The van der Waals surface area contributed by atoms with Crippen molar-refractivity contribution in [1.82, 2.24) is 0 Å². The average molecular weight is 1190 g/mol. The highest BCUT2D eigenvalue weighted by molar-refractivity contribution is 7.28. The SMILES string of the molecule is [2H]c1c([2H])c([2H])c(N(c2ccccc2)c2cc3c(c4sc5ccccc5c24)B2c4ccc(N(c5ccccc5)c5c([2H])c([2H])c([2H])c([2H])c5C)cc4N(c4c(-c5ccccc5)cccc4-c4ccccc4)c4cc(-c5cc(-c6ccccc6)cc(-c6ccccc6)c5)cc(c42)O3)c([2H])c1[2H]. The van der Waals surface area contributed by atoms with Crippen molar-refractivity contribution in [2.75, 3.05) is 14.7 Å². The molecule has 0 unspecified atom stereocenters. The van der Waals surface area contributed by atoms with Crippen molar-refractivity contribution in [3.05, 3.63) is 339 Å². The fourth-order valence-corrected chi connectivity index (χ4v) is 14.9. The Bertz CT molecular complexity index is 5620. The molecule has 1 aromatic heterocycles. The van der Waals surface area contributed by atoms with E-state index in [1.165, 1.54) is 0 Å². The quantitative estimate of drug-likeness (QED) is 0.114. The van der Waals surface area contributed by atoms with E-state index in [4.69, 9.17) is 10.2 Å². The topological polar surface area (TPSA) is 19.0 Å². The zero-order valence-electron chi connectivity index (χ0n) is 58.3. The van der Waals surface area contributed by atoms with Gasteiger partial charge in [-0.25, -0.2) is 0 Å². The molecule has 0 aliphatic carbocycles. The van der Waals surface area contributed by atoms with Crippen molar-refractivity contribution in [3.8, 4) is 67.1 Å². The van der Waals surface area contributed by atoms with Gasteiger partial charge in [0.25, 0.3) is 6.71 Å². The molecule has 0 saturated carbocycles. The molecular formula is C85H58BN3OS. The molecule has 0 saturated heterocycles. The highest BCUT2D eigenvalue weighted by Crippen LogP contribution is 2.54. The van der Waals surface area contributed by atoms with Gasteiger partial charge in [0, 0.05) is 77.2 Å². The molecule has 0 bridgehead atoms. The van der Waals surface area contributed by atoms with Gasteiger partial charge in [-0.2, -0.15) is 0 Å². The summed E-state index contributed by atoms with van der Waals surface area (Å²) in [4.78, 5) is 6.16. The molecule has 0 N–H and O–H groups in total. The van der Waals surface area contributed by atoms with E-state index in [0.29, 0.717) is 45.5 Å². The van der Waals surface area contributed by atoms with Gasteiger partial charge in [0.1, 0.15) is 11.5 Å². The minimum atomic E-state index is -0.584. The van der Waals surface area contributed by atoms with Gasteiger partial charge >= 0.3 is 0 Å². The van der Waals surface area contributed by atoms with Crippen LogP contribution in [0.1, 0.15) is 17.9 Å². The molecule has 15 aromatic rings. The summed E-state index contributed by atoms with van der Waals surface area (Å²) < 4.78 is 93.1. The van der Waals surface area contributed by atoms with Gasteiger partial charge in [-0.3, -0.25) is 0 Å². The van der Waals surface area contributed by atoms with E-state index in [-0.39, 0.29) is 41.9 Å². The number of thiophene rings is 1. The standard InChI is InChI=1S/C85H58BN3OS/c1-57-28-23-25-46-74(57)88(68-41-21-8-22-42-68)69-48-49-73-75(55-69)89(84-70(60-33-13-4-14-34-60)44-27-45-71(84)61-35-15-5-16-36-61)77-53-65(64-51-62(58-29-9-2-10-30-58)50-63(52-64)59-31-11-3-12-32-59)54-78-82(77)86(73)83-79(90-78)56-76(81-72-43-24-26-47-80(72)91-85(81)83)87(66-37-17-6-18-38-66)67-39-19-7-20-40-67/h2-56H,1H3/i6D,17D,18D,23D,25D,28D,37D,38D,46D. The number of ether oxygens (including phenoxy) is 1. The first-order valence-electron chi connectivity index (χ1n) is 34.9. The number of hydrogen-bond acceptors (Lipinski definition) is 5. The van der Waals surface area contributed by atoms with Crippen molar-refractivity contribution in [1.29, 1.82) is 0 Å². The molecule has 4 nitrogen and oxygen atoms in total. The summed E-state index contributed by atoms with van der Waals surface area (Å²) >= 11 is 1.62. The van der Waals surface area contributed by atoms with Crippen LogP contribution in [0.2, 0.25) is 0 Å². The number of fused-ring (bicyclic) bond motifs is 8. The molecule has 91 heavy (non-hydrogen) atoms. The highest BCUT2D eigenvalue weighted by atomic mass is 32.1. The second-order valence-corrected chi connectivity index (χ2v) is 23.9. The Morgan fingerprint density at radius 3 is 1.51 bits per heavy atom. The van der Waals surface area contributed by atoms with E-state index in [9.17, 15) is 6.85 Å². The lowest BCUT2D eigenvalue weighted by Gasteiger charge is -2.42. The molecule has 2 aliphatic rings. The average Bonchev–Trinajstić information content (AvgIpc) is 1.09. The zero-order chi connectivity index (χ0) is 68.2. The Balaban J connectivity index is 1.04. The third-order valence-corrected chi connectivity index (χ3v) is 18.8. The Labute approximate surface area is 547 Å². The Morgan fingerprint density at radius 2 is 0.890 bits per heavy atom. The summed E-state index contributed by atoms with van der Waals surface area (Å²) in [5.41, 5.74) is 18.0. The molecule has 14 aromatic carbocycles. The number of anilines is 9. The van der Waals surface area contributed by atoms with Crippen LogP contribution in [0.4, 0.5) is 51.2 Å². The summed E-state index contributed by atoms with van der Waals surface area (Å²) in [6.45, 7) is 1.17. The minimum absolute atomic E-state index is 0.0130. The van der Waals surface area contributed by atoms with Gasteiger partial charge in [0.15, 0.2) is 0 Å².